The summed E-state index contributed by atoms with van der Waals surface area (Å²) in [5, 5.41) is 11.5. The Morgan fingerprint density at radius 3 is 2.43 bits per heavy atom. The summed E-state index contributed by atoms with van der Waals surface area (Å²) >= 11 is 12.0. The number of ether oxygens (including phenoxy) is 2. The molecule has 2 aromatic rings. The van der Waals surface area contributed by atoms with Gasteiger partial charge in [-0.15, -0.1) is 24.8 Å². The molecule has 0 bridgehead atoms. The van der Waals surface area contributed by atoms with Crippen LogP contribution in [0.2, 0.25) is 10.0 Å². The normalized spacial score (nSPS) is 16.5. The van der Waals surface area contributed by atoms with Crippen LogP contribution >= 0.6 is 48.0 Å². The molecular weight excluding hydrogens is 446 g/mol. The third-order valence-electron chi connectivity index (χ3n) is 4.51. The highest BCUT2D eigenvalue weighted by atomic mass is 35.5. The molecular formula is C19H24Cl4N2O3. The number of aryl methyl sites for hydroxylation is 1. The van der Waals surface area contributed by atoms with Crippen LogP contribution in [-0.4, -0.2) is 29.4 Å². The van der Waals surface area contributed by atoms with Gasteiger partial charge in [-0.1, -0.05) is 29.3 Å². The van der Waals surface area contributed by atoms with Crippen LogP contribution < -0.4 is 10.5 Å². The molecule has 2 atom stereocenters. The van der Waals surface area contributed by atoms with Crippen molar-refractivity contribution in [3.8, 4) is 5.88 Å². The van der Waals surface area contributed by atoms with Crippen LogP contribution in [0.3, 0.4) is 0 Å². The summed E-state index contributed by atoms with van der Waals surface area (Å²) in [7, 11) is 0. The lowest BCUT2D eigenvalue weighted by molar-refractivity contribution is 0.0234. The van der Waals surface area contributed by atoms with Crippen molar-refractivity contribution in [3.05, 3.63) is 57.2 Å². The number of nitrogens with zero attached hydrogens (tertiary/aromatic N) is 1. The minimum absolute atomic E-state index is 0. The maximum absolute atomic E-state index is 10.6. The van der Waals surface area contributed by atoms with Crippen LogP contribution in [0.25, 0.3) is 0 Å². The summed E-state index contributed by atoms with van der Waals surface area (Å²) in [6.07, 6.45) is 2.50. The standard InChI is InChI=1S/C19H22Cl2N2O3.2ClH/c1-11-8-13(10-23-19(11)26-14-4-6-25-7-5-14)18(24)17(22)12-2-3-15(20)16(21)9-12;;/h2-3,8-10,14,17-18,24H,4-7,22H2,1H3;2*1H. The number of aliphatic hydroxyl groups is 1. The topological polar surface area (TPSA) is 77.6 Å². The van der Waals surface area contributed by atoms with Crippen LogP contribution in [0.15, 0.2) is 30.5 Å². The van der Waals surface area contributed by atoms with E-state index in [1.807, 2.05) is 13.0 Å². The molecule has 9 heteroatoms. The summed E-state index contributed by atoms with van der Waals surface area (Å²) in [4.78, 5) is 4.38. The van der Waals surface area contributed by atoms with Crippen molar-refractivity contribution in [2.24, 2.45) is 5.73 Å². The van der Waals surface area contributed by atoms with Gasteiger partial charge in [-0.2, -0.15) is 0 Å². The monoisotopic (exact) mass is 468 g/mol. The second kappa shape index (κ2) is 11.4. The van der Waals surface area contributed by atoms with E-state index in [2.05, 4.69) is 4.98 Å². The molecule has 0 aliphatic carbocycles. The molecule has 5 nitrogen and oxygen atoms in total. The van der Waals surface area contributed by atoms with Gasteiger partial charge in [0.25, 0.3) is 0 Å². The van der Waals surface area contributed by atoms with Crippen molar-refractivity contribution >= 4 is 48.0 Å². The summed E-state index contributed by atoms with van der Waals surface area (Å²) in [6.45, 7) is 3.32. The molecule has 1 saturated heterocycles. The largest absolute Gasteiger partial charge is 0.474 e. The SMILES string of the molecule is Cc1cc(C(O)C(N)c2ccc(Cl)c(Cl)c2)cnc1OC1CCOCC1.Cl.Cl. The first-order valence-electron chi connectivity index (χ1n) is 8.55. The van der Waals surface area contributed by atoms with Crippen molar-refractivity contribution in [2.75, 3.05) is 13.2 Å². The van der Waals surface area contributed by atoms with Gasteiger partial charge < -0.3 is 20.3 Å². The molecule has 0 amide bonds. The number of benzene rings is 1. The first-order valence-corrected chi connectivity index (χ1v) is 9.31. The van der Waals surface area contributed by atoms with Crippen LogP contribution in [0.4, 0.5) is 0 Å². The number of aromatic nitrogens is 1. The number of halogens is 4. The van der Waals surface area contributed by atoms with Crippen LogP contribution in [0, 0.1) is 6.92 Å². The maximum atomic E-state index is 10.6. The molecule has 3 rings (SSSR count). The van der Waals surface area contributed by atoms with Crippen LogP contribution in [0.1, 0.15) is 41.7 Å². The van der Waals surface area contributed by atoms with E-state index in [4.69, 9.17) is 38.4 Å². The zero-order valence-corrected chi connectivity index (χ0v) is 18.5. The predicted octanol–water partition coefficient (Wildman–Crippen LogP) is 4.83. The molecule has 2 heterocycles. The van der Waals surface area contributed by atoms with E-state index in [9.17, 15) is 5.11 Å². The second-order valence-electron chi connectivity index (χ2n) is 6.46. The quantitative estimate of drug-likeness (QED) is 0.655. The minimum atomic E-state index is -0.921. The average molecular weight is 470 g/mol. The molecule has 28 heavy (non-hydrogen) atoms. The Morgan fingerprint density at radius 1 is 1.14 bits per heavy atom. The van der Waals surface area contributed by atoms with E-state index in [0.717, 1.165) is 18.4 Å². The molecule has 1 aliphatic rings. The van der Waals surface area contributed by atoms with E-state index in [1.54, 1.807) is 24.4 Å². The highest BCUT2D eigenvalue weighted by Crippen LogP contribution is 2.32. The summed E-state index contributed by atoms with van der Waals surface area (Å²) < 4.78 is 11.3. The molecule has 2 unspecified atom stereocenters. The molecule has 1 aromatic carbocycles. The lowest BCUT2D eigenvalue weighted by Crippen LogP contribution is -2.26. The lowest BCUT2D eigenvalue weighted by Gasteiger charge is -2.24. The number of pyridine rings is 1. The van der Waals surface area contributed by atoms with Crippen LogP contribution in [0.5, 0.6) is 5.88 Å². The van der Waals surface area contributed by atoms with E-state index in [0.29, 0.717) is 40.3 Å². The van der Waals surface area contributed by atoms with E-state index in [1.165, 1.54) is 0 Å². The van der Waals surface area contributed by atoms with Crippen LogP contribution in [-0.2, 0) is 4.74 Å². The van der Waals surface area contributed by atoms with Gasteiger partial charge in [0, 0.05) is 30.2 Å². The Hall–Kier alpha value is -0.790. The number of nitrogens with two attached hydrogens (primary N) is 1. The fraction of sp³-hybridized carbons (Fsp3) is 0.421. The first-order chi connectivity index (χ1) is 12.5. The van der Waals surface area contributed by atoms with Crippen molar-refractivity contribution in [1.82, 2.24) is 4.98 Å². The van der Waals surface area contributed by atoms with Crippen molar-refractivity contribution in [1.29, 1.82) is 0 Å². The van der Waals surface area contributed by atoms with Gasteiger partial charge in [0.2, 0.25) is 5.88 Å². The zero-order valence-electron chi connectivity index (χ0n) is 15.3. The molecule has 1 fully saturated rings. The second-order valence-corrected chi connectivity index (χ2v) is 7.28. The number of rotatable bonds is 5. The number of aliphatic hydroxyl groups excluding tert-OH is 1. The Morgan fingerprint density at radius 2 is 1.82 bits per heavy atom. The fourth-order valence-corrected chi connectivity index (χ4v) is 3.24. The molecule has 0 saturated carbocycles. The Bertz CT molecular complexity index is 773. The molecule has 1 aliphatic heterocycles. The summed E-state index contributed by atoms with van der Waals surface area (Å²) in [6, 6.07) is 6.29. The molecule has 0 radical (unpaired) electrons. The van der Waals surface area contributed by atoms with Gasteiger partial charge in [0.1, 0.15) is 6.10 Å². The van der Waals surface area contributed by atoms with Gasteiger partial charge in [-0.25, -0.2) is 4.98 Å². The van der Waals surface area contributed by atoms with E-state index in [-0.39, 0.29) is 30.9 Å². The Kier molecular flexibility index (Phi) is 10.3. The highest BCUT2D eigenvalue weighted by Gasteiger charge is 2.22. The highest BCUT2D eigenvalue weighted by molar-refractivity contribution is 6.42. The smallest absolute Gasteiger partial charge is 0.216 e. The van der Waals surface area contributed by atoms with E-state index >= 15 is 0 Å². The van der Waals surface area contributed by atoms with Crippen molar-refractivity contribution in [3.63, 3.8) is 0 Å². The van der Waals surface area contributed by atoms with Gasteiger partial charge in [0.05, 0.1) is 35.4 Å². The van der Waals surface area contributed by atoms with Crippen molar-refractivity contribution < 1.29 is 14.6 Å². The summed E-state index contributed by atoms with van der Waals surface area (Å²) in [5.74, 6) is 0.580. The van der Waals surface area contributed by atoms with Gasteiger partial charge in [0.15, 0.2) is 0 Å². The third kappa shape index (κ3) is 6.10. The molecule has 0 spiro atoms. The number of hydrogen-bond donors (Lipinski definition) is 2. The minimum Gasteiger partial charge on any atom is -0.474 e. The first kappa shape index (κ1) is 25.2. The van der Waals surface area contributed by atoms with Gasteiger partial charge in [-0.3, -0.25) is 0 Å². The molecule has 156 valence electrons. The maximum Gasteiger partial charge on any atom is 0.216 e. The van der Waals surface area contributed by atoms with Crippen molar-refractivity contribution in [2.45, 2.75) is 38.0 Å². The van der Waals surface area contributed by atoms with Gasteiger partial charge >= 0.3 is 0 Å². The average Bonchev–Trinajstić information content (AvgIpc) is 2.65. The van der Waals surface area contributed by atoms with E-state index < -0.39 is 12.1 Å². The number of hydrogen-bond acceptors (Lipinski definition) is 5. The Labute approximate surface area is 187 Å². The third-order valence-corrected chi connectivity index (χ3v) is 5.25. The summed E-state index contributed by atoms with van der Waals surface area (Å²) in [5.41, 5.74) is 8.38. The lowest BCUT2D eigenvalue weighted by atomic mass is 9.97. The zero-order chi connectivity index (χ0) is 18.7. The predicted molar refractivity (Wildman–Crippen MR) is 116 cm³/mol. The molecule has 1 aromatic heterocycles. The van der Waals surface area contributed by atoms with Gasteiger partial charge in [-0.05, 0) is 30.7 Å². The fourth-order valence-electron chi connectivity index (χ4n) is 2.93. The Balaban J connectivity index is 0.00000196. The molecule has 3 N–H and O–H groups in total.